The highest BCUT2D eigenvalue weighted by molar-refractivity contribution is 5.97. The molecule has 4 nitrogen and oxygen atoms in total. The van der Waals surface area contributed by atoms with Crippen molar-refractivity contribution in [2.45, 2.75) is 6.42 Å². The Balaban J connectivity index is 2.30. The molecule has 2 aromatic rings. The van der Waals surface area contributed by atoms with Gasteiger partial charge in [-0.15, -0.1) is 0 Å². The second kappa shape index (κ2) is 5.69. The van der Waals surface area contributed by atoms with Crippen molar-refractivity contribution in [3.63, 3.8) is 0 Å². The fraction of sp³-hybridized carbons (Fsp3) is 0.357. The van der Waals surface area contributed by atoms with Gasteiger partial charge in [0.05, 0.1) is 11.2 Å². The molecule has 0 aliphatic heterocycles. The van der Waals surface area contributed by atoms with E-state index in [1.165, 1.54) is 0 Å². The van der Waals surface area contributed by atoms with E-state index in [0.717, 1.165) is 41.9 Å². The first-order valence-corrected chi connectivity index (χ1v) is 6.07. The monoisotopic (exact) mass is 245 g/mol. The summed E-state index contributed by atoms with van der Waals surface area (Å²) < 4.78 is 5.08. The molecule has 96 valence electrons. The highest BCUT2D eigenvalue weighted by atomic mass is 16.5. The van der Waals surface area contributed by atoms with E-state index in [1.807, 2.05) is 18.2 Å². The van der Waals surface area contributed by atoms with Crippen LogP contribution < -0.4 is 10.6 Å². The Hall–Kier alpha value is -1.81. The highest BCUT2D eigenvalue weighted by Gasteiger charge is 2.07. The molecule has 0 fully saturated rings. The Morgan fingerprint density at radius 1 is 1.33 bits per heavy atom. The van der Waals surface area contributed by atoms with Gasteiger partial charge in [-0.05, 0) is 18.6 Å². The number of fused-ring (bicyclic) bond motifs is 1. The fourth-order valence-corrected chi connectivity index (χ4v) is 2.08. The number of pyridine rings is 1. The van der Waals surface area contributed by atoms with Crippen molar-refractivity contribution in [1.82, 2.24) is 4.98 Å². The van der Waals surface area contributed by atoms with Gasteiger partial charge in [-0.2, -0.15) is 0 Å². The largest absolute Gasteiger partial charge is 0.397 e. The molecule has 1 aromatic carbocycles. The van der Waals surface area contributed by atoms with E-state index in [0.29, 0.717) is 0 Å². The number of para-hydroxylation sites is 1. The summed E-state index contributed by atoms with van der Waals surface area (Å²) in [5.74, 6) is 0. The van der Waals surface area contributed by atoms with Gasteiger partial charge in [-0.1, -0.05) is 12.1 Å². The Kier molecular flexibility index (Phi) is 3.99. The Bertz CT molecular complexity index is 527. The lowest BCUT2D eigenvalue weighted by Crippen LogP contribution is -2.20. The van der Waals surface area contributed by atoms with Crippen molar-refractivity contribution < 1.29 is 4.74 Å². The van der Waals surface area contributed by atoms with Gasteiger partial charge in [0.15, 0.2) is 0 Å². The van der Waals surface area contributed by atoms with Crippen LogP contribution in [0.2, 0.25) is 0 Å². The molecule has 0 aliphatic rings. The van der Waals surface area contributed by atoms with Gasteiger partial charge >= 0.3 is 0 Å². The van der Waals surface area contributed by atoms with Crippen molar-refractivity contribution in [3.05, 3.63) is 30.5 Å². The minimum absolute atomic E-state index is 0.722. The van der Waals surface area contributed by atoms with Crippen LogP contribution in [0.25, 0.3) is 10.9 Å². The van der Waals surface area contributed by atoms with Gasteiger partial charge in [0.2, 0.25) is 0 Å². The molecule has 2 rings (SSSR count). The molecule has 4 heteroatoms. The van der Waals surface area contributed by atoms with Gasteiger partial charge in [0, 0.05) is 44.6 Å². The van der Waals surface area contributed by atoms with Crippen molar-refractivity contribution in [1.29, 1.82) is 0 Å². The lowest BCUT2D eigenvalue weighted by Gasteiger charge is -2.21. The molecule has 1 aromatic heterocycles. The summed E-state index contributed by atoms with van der Waals surface area (Å²) in [6.07, 6.45) is 2.81. The van der Waals surface area contributed by atoms with Crippen LogP contribution >= 0.6 is 0 Å². The van der Waals surface area contributed by atoms with Gasteiger partial charge in [-0.25, -0.2) is 0 Å². The number of aromatic nitrogens is 1. The van der Waals surface area contributed by atoms with Crippen molar-refractivity contribution in [2.75, 3.05) is 37.9 Å². The Morgan fingerprint density at radius 3 is 2.94 bits per heavy atom. The van der Waals surface area contributed by atoms with Crippen molar-refractivity contribution >= 4 is 22.3 Å². The van der Waals surface area contributed by atoms with Crippen LogP contribution in [0.3, 0.4) is 0 Å². The highest BCUT2D eigenvalue weighted by Crippen LogP contribution is 2.27. The van der Waals surface area contributed by atoms with Gasteiger partial charge in [-0.3, -0.25) is 4.98 Å². The number of nitrogen functional groups attached to an aromatic ring is 1. The molecule has 18 heavy (non-hydrogen) atoms. The number of hydrogen-bond donors (Lipinski definition) is 1. The van der Waals surface area contributed by atoms with Crippen LogP contribution in [0.15, 0.2) is 30.5 Å². The predicted molar refractivity (Wildman–Crippen MR) is 75.9 cm³/mol. The summed E-state index contributed by atoms with van der Waals surface area (Å²) in [7, 11) is 3.80. The van der Waals surface area contributed by atoms with Crippen LogP contribution in [0, 0.1) is 0 Å². The third-order valence-corrected chi connectivity index (χ3v) is 3.03. The smallest absolute Gasteiger partial charge is 0.0951 e. The number of nitrogens with zero attached hydrogens (tertiary/aromatic N) is 2. The number of nitrogens with two attached hydrogens (primary N) is 1. The molecule has 0 radical (unpaired) electrons. The minimum Gasteiger partial charge on any atom is -0.397 e. The number of hydrogen-bond acceptors (Lipinski definition) is 4. The van der Waals surface area contributed by atoms with E-state index in [1.54, 1.807) is 13.3 Å². The van der Waals surface area contributed by atoms with Crippen molar-refractivity contribution in [3.8, 4) is 0 Å². The van der Waals surface area contributed by atoms with Crippen LogP contribution in [0.5, 0.6) is 0 Å². The molecule has 0 saturated carbocycles. The van der Waals surface area contributed by atoms with E-state index in [9.17, 15) is 0 Å². The quantitative estimate of drug-likeness (QED) is 0.648. The molecule has 2 N–H and O–H groups in total. The van der Waals surface area contributed by atoms with Crippen LogP contribution in [-0.4, -0.2) is 32.3 Å². The summed E-state index contributed by atoms with van der Waals surface area (Å²) in [5, 5.41) is 1.09. The zero-order valence-electron chi connectivity index (χ0n) is 10.9. The summed E-state index contributed by atoms with van der Waals surface area (Å²) in [4.78, 5) is 6.55. The number of methoxy groups -OCH3 is 1. The molecule has 1 heterocycles. The molecule has 0 aliphatic carbocycles. The van der Waals surface area contributed by atoms with E-state index in [-0.39, 0.29) is 0 Å². The lowest BCUT2D eigenvalue weighted by atomic mass is 10.1. The number of anilines is 2. The second-order valence-electron chi connectivity index (χ2n) is 4.34. The molecular formula is C14H19N3O. The lowest BCUT2D eigenvalue weighted by molar-refractivity contribution is 0.196. The van der Waals surface area contributed by atoms with Gasteiger partial charge < -0.3 is 15.4 Å². The molecule has 0 saturated heterocycles. The molecule has 0 unspecified atom stereocenters. The average Bonchev–Trinajstić information content (AvgIpc) is 2.39. The van der Waals surface area contributed by atoms with Crippen LogP contribution in [0.4, 0.5) is 11.4 Å². The van der Waals surface area contributed by atoms with E-state index in [2.05, 4.69) is 23.0 Å². The Morgan fingerprint density at radius 2 is 2.17 bits per heavy atom. The minimum atomic E-state index is 0.722. The summed E-state index contributed by atoms with van der Waals surface area (Å²) in [6, 6.07) is 7.92. The van der Waals surface area contributed by atoms with Gasteiger partial charge in [0.25, 0.3) is 0 Å². The number of rotatable bonds is 5. The normalized spacial score (nSPS) is 10.8. The maximum atomic E-state index is 5.95. The number of ether oxygens (including phenoxy) is 1. The second-order valence-corrected chi connectivity index (χ2v) is 4.34. The predicted octanol–water partition coefficient (Wildman–Crippen LogP) is 2.29. The molecule has 0 bridgehead atoms. The van der Waals surface area contributed by atoms with Crippen LogP contribution in [-0.2, 0) is 4.74 Å². The van der Waals surface area contributed by atoms with Gasteiger partial charge in [0.1, 0.15) is 0 Å². The zero-order chi connectivity index (χ0) is 13.0. The first-order valence-electron chi connectivity index (χ1n) is 6.07. The summed E-state index contributed by atoms with van der Waals surface area (Å²) in [6.45, 7) is 1.72. The summed E-state index contributed by atoms with van der Waals surface area (Å²) in [5.41, 5.74) is 8.69. The fourth-order valence-electron chi connectivity index (χ4n) is 2.08. The maximum Gasteiger partial charge on any atom is 0.0951 e. The maximum absolute atomic E-state index is 5.95. The van der Waals surface area contributed by atoms with E-state index < -0.39 is 0 Å². The van der Waals surface area contributed by atoms with Crippen molar-refractivity contribution in [2.24, 2.45) is 0 Å². The summed E-state index contributed by atoms with van der Waals surface area (Å²) >= 11 is 0. The topological polar surface area (TPSA) is 51.4 Å². The average molecular weight is 245 g/mol. The third kappa shape index (κ3) is 2.54. The van der Waals surface area contributed by atoms with E-state index >= 15 is 0 Å². The third-order valence-electron chi connectivity index (χ3n) is 3.03. The van der Waals surface area contributed by atoms with E-state index in [4.69, 9.17) is 10.5 Å². The zero-order valence-corrected chi connectivity index (χ0v) is 10.9. The standard InChI is InChI=1S/C14H19N3O/c1-17(9-4-10-18-2)13-7-8-16-14-11(13)5-3-6-12(14)15/h3,5-8H,4,9-10,15H2,1-2H3. The molecule has 0 spiro atoms. The first-order chi connectivity index (χ1) is 8.74. The van der Waals surface area contributed by atoms with Crippen LogP contribution in [0.1, 0.15) is 6.42 Å². The molecular weight excluding hydrogens is 226 g/mol. The Labute approximate surface area is 107 Å². The molecule has 0 amide bonds. The molecule has 0 atom stereocenters. The SMILES string of the molecule is COCCCN(C)c1ccnc2c(N)cccc12. The first kappa shape index (κ1) is 12.6. The number of benzene rings is 1.